The van der Waals surface area contributed by atoms with Gasteiger partial charge < -0.3 is 13.3 Å². The molecule has 3 nitrogen and oxygen atoms in total. The summed E-state index contributed by atoms with van der Waals surface area (Å²) in [4.78, 5) is 0. The monoisotopic (exact) mass is 560 g/mol. The van der Waals surface area contributed by atoms with E-state index in [9.17, 15) is 0 Å². The van der Waals surface area contributed by atoms with Crippen LogP contribution in [0.15, 0.2) is 91.0 Å². The lowest BCUT2D eigenvalue weighted by atomic mass is 10.0. The third kappa shape index (κ3) is 13.6. The van der Waals surface area contributed by atoms with Crippen molar-refractivity contribution in [2.45, 2.75) is 116 Å². The van der Waals surface area contributed by atoms with Gasteiger partial charge >= 0.3 is 8.80 Å². The van der Waals surface area contributed by atoms with Crippen LogP contribution in [-0.4, -0.2) is 8.80 Å². The third-order valence-corrected chi connectivity index (χ3v) is 9.99. The molecule has 218 valence electrons. The van der Waals surface area contributed by atoms with Crippen molar-refractivity contribution in [3.63, 3.8) is 0 Å². The second kappa shape index (κ2) is 20.2. The van der Waals surface area contributed by atoms with Gasteiger partial charge in [0.15, 0.2) is 0 Å². The van der Waals surface area contributed by atoms with E-state index in [-0.39, 0.29) is 0 Å². The molecule has 0 N–H and O–H groups in total. The molecular formula is C36H52O3Si. The molecule has 0 radical (unpaired) electrons. The highest BCUT2D eigenvalue weighted by atomic mass is 28.4. The Morgan fingerprint density at radius 2 is 0.650 bits per heavy atom. The first-order valence-electron chi connectivity index (χ1n) is 16.0. The molecule has 0 atom stereocenters. The molecule has 0 aromatic heterocycles. The maximum absolute atomic E-state index is 6.63. The maximum atomic E-state index is 6.63. The minimum Gasteiger partial charge on any atom is -0.483 e. The Hall–Kier alpha value is -2.72. The first kappa shape index (κ1) is 31.8. The van der Waals surface area contributed by atoms with E-state index in [2.05, 4.69) is 6.92 Å². The quantitative estimate of drug-likeness (QED) is 0.0852. The lowest BCUT2D eigenvalue weighted by Crippen LogP contribution is -2.54. The van der Waals surface area contributed by atoms with Gasteiger partial charge in [0.05, 0.1) is 6.04 Å². The van der Waals surface area contributed by atoms with Gasteiger partial charge in [0.25, 0.3) is 0 Å². The molecule has 0 fully saturated rings. The predicted molar refractivity (Wildman–Crippen MR) is 171 cm³/mol. The first-order valence-corrected chi connectivity index (χ1v) is 17.9. The summed E-state index contributed by atoms with van der Waals surface area (Å²) in [5, 5.41) is 0. The Kier molecular flexibility index (Phi) is 16.1. The molecule has 40 heavy (non-hydrogen) atoms. The standard InChI is InChI=1S/C36H52O3Si/c1-2-3-4-5-6-7-8-9-10-11-12-13-14-15-16-26-33-40(37-34-27-20-17-21-28-34,38-35-29-22-18-23-30-35)39-36-31-24-19-25-32-36/h17-25,27-32H,2-16,26,33H2,1H3. The van der Waals surface area contributed by atoms with Gasteiger partial charge in [-0.05, 0) is 42.8 Å². The fourth-order valence-corrected chi connectivity index (χ4v) is 7.71. The zero-order chi connectivity index (χ0) is 28.0. The number of rotatable bonds is 23. The molecule has 3 rings (SSSR count). The van der Waals surface area contributed by atoms with Crippen LogP contribution in [0.4, 0.5) is 0 Å². The largest absolute Gasteiger partial charge is 0.699 e. The maximum Gasteiger partial charge on any atom is 0.699 e. The van der Waals surface area contributed by atoms with E-state index in [1.165, 1.54) is 96.3 Å². The van der Waals surface area contributed by atoms with Crippen molar-refractivity contribution >= 4 is 8.80 Å². The summed E-state index contributed by atoms with van der Waals surface area (Å²) in [6, 6.07) is 30.6. The van der Waals surface area contributed by atoms with Gasteiger partial charge in [0.1, 0.15) is 17.2 Å². The summed E-state index contributed by atoms with van der Waals surface area (Å²) in [5.41, 5.74) is 0. The zero-order valence-corrected chi connectivity index (χ0v) is 25.9. The Bertz CT molecular complexity index is 879. The van der Waals surface area contributed by atoms with E-state index in [0.29, 0.717) is 0 Å². The minimum atomic E-state index is -3.13. The third-order valence-electron chi connectivity index (χ3n) is 7.39. The smallest absolute Gasteiger partial charge is 0.483 e. The Balaban J connectivity index is 1.42. The van der Waals surface area contributed by atoms with E-state index in [1.54, 1.807) is 0 Å². The summed E-state index contributed by atoms with van der Waals surface area (Å²) in [7, 11) is -3.13. The fourth-order valence-electron chi connectivity index (χ4n) is 5.11. The highest BCUT2D eigenvalue weighted by molar-refractivity contribution is 6.63. The van der Waals surface area contributed by atoms with Crippen molar-refractivity contribution in [2.24, 2.45) is 0 Å². The van der Waals surface area contributed by atoms with Gasteiger partial charge in [-0.25, -0.2) is 0 Å². The SMILES string of the molecule is CCCCCCCCCCCCCCCCCC[Si](Oc1ccccc1)(Oc1ccccc1)Oc1ccccc1. The second-order valence-corrected chi connectivity index (χ2v) is 13.5. The van der Waals surface area contributed by atoms with E-state index in [0.717, 1.165) is 29.7 Å². The normalized spacial score (nSPS) is 11.3. The van der Waals surface area contributed by atoms with Crippen molar-refractivity contribution in [2.75, 3.05) is 0 Å². The molecule has 0 spiro atoms. The average Bonchev–Trinajstić information content (AvgIpc) is 2.98. The number of unbranched alkanes of at least 4 members (excludes halogenated alkanes) is 15. The van der Waals surface area contributed by atoms with Crippen LogP contribution in [0.1, 0.15) is 110 Å². The Morgan fingerprint density at radius 1 is 0.375 bits per heavy atom. The molecule has 0 unspecified atom stereocenters. The van der Waals surface area contributed by atoms with Crippen molar-refractivity contribution in [1.29, 1.82) is 0 Å². The summed E-state index contributed by atoms with van der Waals surface area (Å²) < 4.78 is 19.9. The van der Waals surface area contributed by atoms with Crippen LogP contribution in [0.2, 0.25) is 6.04 Å². The fraction of sp³-hybridized carbons (Fsp3) is 0.500. The number of para-hydroxylation sites is 3. The predicted octanol–water partition coefficient (Wildman–Crippen LogP) is 11.4. The van der Waals surface area contributed by atoms with Gasteiger partial charge in [-0.2, -0.15) is 0 Å². The highest BCUT2D eigenvalue weighted by Crippen LogP contribution is 2.28. The number of hydrogen-bond acceptors (Lipinski definition) is 3. The summed E-state index contributed by atoms with van der Waals surface area (Å²) in [5.74, 6) is 2.37. The molecule has 0 aliphatic carbocycles. The molecule has 3 aromatic carbocycles. The van der Waals surface area contributed by atoms with Crippen LogP contribution in [0.3, 0.4) is 0 Å². The van der Waals surface area contributed by atoms with E-state index >= 15 is 0 Å². The molecule has 0 heterocycles. The van der Waals surface area contributed by atoms with Gasteiger partial charge in [-0.15, -0.1) is 0 Å². The lowest BCUT2D eigenvalue weighted by molar-refractivity contribution is 0.258. The van der Waals surface area contributed by atoms with E-state index in [4.69, 9.17) is 13.3 Å². The van der Waals surface area contributed by atoms with Gasteiger partial charge in [-0.1, -0.05) is 158 Å². The molecule has 0 amide bonds. The lowest BCUT2D eigenvalue weighted by Gasteiger charge is -2.30. The molecule has 0 bridgehead atoms. The summed E-state index contributed by atoms with van der Waals surface area (Å²) in [6.45, 7) is 2.29. The molecule has 0 saturated heterocycles. The van der Waals surface area contributed by atoms with Crippen molar-refractivity contribution in [1.82, 2.24) is 0 Å². The Morgan fingerprint density at radius 3 is 0.950 bits per heavy atom. The van der Waals surface area contributed by atoms with Crippen LogP contribution in [0, 0.1) is 0 Å². The molecule has 0 saturated carbocycles. The van der Waals surface area contributed by atoms with Gasteiger partial charge in [0, 0.05) is 0 Å². The molecular weight excluding hydrogens is 508 g/mol. The average molecular weight is 561 g/mol. The van der Waals surface area contributed by atoms with Crippen LogP contribution >= 0.6 is 0 Å². The van der Waals surface area contributed by atoms with Crippen LogP contribution in [0.25, 0.3) is 0 Å². The summed E-state index contributed by atoms with van der Waals surface area (Å²) in [6.07, 6.45) is 21.6. The van der Waals surface area contributed by atoms with Crippen molar-refractivity contribution in [3.8, 4) is 17.2 Å². The number of hydrogen-bond donors (Lipinski definition) is 0. The second-order valence-electron chi connectivity index (χ2n) is 11.0. The Labute approximate surface area is 245 Å². The zero-order valence-electron chi connectivity index (χ0n) is 24.9. The topological polar surface area (TPSA) is 27.7 Å². The number of benzene rings is 3. The van der Waals surface area contributed by atoms with Crippen LogP contribution in [-0.2, 0) is 0 Å². The molecule has 0 aliphatic rings. The van der Waals surface area contributed by atoms with Crippen LogP contribution in [0.5, 0.6) is 17.2 Å². The first-order chi connectivity index (χ1) is 19.8. The molecule has 0 aliphatic heterocycles. The minimum absolute atomic E-state index is 0.768. The van der Waals surface area contributed by atoms with E-state index in [1.807, 2.05) is 91.0 Å². The van der Waals surface area contributed by atoms with Gasteiger partial charge in [-0.3, -0.25) is 0 Å². The van der Waals surface area contributed by atoms with Gasteiger partial charge in [0.2, 0.25) is 0 Å². The van der Waals surface area contributed by atoms with Crippen molar-refractivity contribution < 1.29 is 13.3 Å². The summed E-state index contributed by atoms with van der Waals surface area (Å²) >= 11 is 0. The van der Waals surface area contributed by atoms with Crippen LogP contribution < -0.4 is 13.3 Å². The highest BCUT2D eigenvalue weighted by Gasteiger charge is 2.48. The molecule has 3 aromatic rings. The van der Waals surface area contributed by atoms with E-state index < -0.39 is 8.80 Å². The molecule has 4 heteroatoms. The van der Waals surface area contributed by atoms with Crippen molar-refractivity contribution in [3.05, 3.63) is 91.0 Å².